The summed E-state index contributed by atoms with van der Waals surface area (Å²) in [5.74, 6) is 0.316. The summed E-state index contributed by atoms with van der Waals surface area (Å²) in [6.45, 7) is 6.78. The summed E-state index contributed by atoms with van der Waals surface area (Å²) < 4.78 is 27.6. The quantitative estimate of drug-likeness (QED) is 0.858. The molecule has 1 aromatic rings. The summed E-state index contributed by atoms with van der Waals surface area (Å²) >= 11 is 0. The van der Waals surface area contributed by atoms with E-state index in [0.29, 0.717) is 35.2 Å². The highest BCUT2D eigenvalue weighted by atomic mass is 32.2. The van der Waals surface area contributed by atoms with Gasteiger partial charge in [-0.2, -0.15) is 4.31 Å². The fourth-order valence-electron chi connectivity index (χ4n) is 3.14. The third-order valence-electron chi connectivity index (χ3n) is 4.44. The van der Waals surface area contributed by atoms with E-state index >= 15 is 0 Å². The molecule has 2 atom stereocenters. The van der Waals surface area contributed by atoms with Crippen molar-refractivity contribution in [3.63, 3.8) is 0 Å². The highest BCUT2D eigenvalue weighted by Crippen LogP contribution is 2.31. The predicted octanol–water partition coefficient (Wildman–Crippen LogP) is 1.46. The molecular formula is C15H25N3O2S. The summed E-state index contributed by atoms with van der Waals surface area (Å²) in [5.41, 5.74) is 7.82. The Morgan fingerprint density at radius 3 is 2.38 bits per heavy atom. The Bertz CT molecular complexity index is 641. The van der Waals surface area contributed by atoms with Crippen molar-refractivity contribution in [2.24, 2.45) is 5.92 Å². The van der Waals surface area contributed by atoms with E-state index < -0.39 is 10.0 Å². The van der Waals surface area contributed by atoms with E-state index in [2.05, 4.69) is 11.8 Å². The minimum absolute atomic E-state index is 0.251. The molecular weight excluding hydrogens is 286 g/mol. The maximum absolute atomic E-state index is 13.0. The molecule has 0 aromatic heterocycles. The highest BCUT2D eigenvalue weighted by molar-refractivity contribution is 7.89. The maximum Gasteiger partial charge on any atom is 0.243 e. The van der Waals surface area contributed by atoms with Crippen molar-refractivity contribution in [2.75, 3.05) is 32.9 Å². The molecule has 2 rings (SSSR count). The van der Waals surface area contributed by atoms with Crippen LogP contribution in [-0.4, -0.2) is 50.8 Å². The van der Waals surface area contributed by atoms with Gasteiger partial charge in [0.25, 0.3) is 0 Å². The number of aryl methyl sites for hydroxylation is 1. The van der Waals surface area contributed by atoms with Crippen molar-refractivity contribution in [3.8, 4) is 0 Å². The second-order valence-corrected chi connectivity index (χ2v) is 8.13. The van der Waals surface area contributed by atoms with Crippen LogP contribution in [0.1, 0.15) is 18.1 Å². The Balaban J connectivity index is 2.43. The number of anilines is 1. The smallest absolute Gasteiger partial charge is 0.243 e. The van der Waals surface area contributed by atoms with Gasteiger partial charge in [-0.1, -0.05) is 13.0 Å². The van der Waals surface area contributed by atoms with Gasteiger partial charge in [-0.25, -0.2) is 8.42 Å². The van der Waals surface area contributed by atoms with Gasteiger partial charge in [-0.15, -0.1) is 0 Å². The number of likely N-dealkylation sites (N-methyl/N-ethyl adjacent to an activating group) is 1. The lowest BCUT2D eigenvalue weighted by Crippen LogP contribution is -2.36. The molecule has 2 N–H and O–H groups in total. The van der Waals surface area contributed by atoms with E-state index in [1.165, 1.54) is 0 Å². The van der Waals surface area contributed by atoms with Crippen LogP contribution in [-0.2, 0) is 10.0 Å². The van der Waals surface area contributed by atoms with Crippen LogP contribution in [0.2, 0.25) is 0 Å². The predicted molar refractivity (Wildman–Crippen MR) is 85.7 cm³/mol. The molecule has 5 nitrogen and oxygen atoms in total. The summed E-state index contributed by atoms with van der Waals surface area (Å²) in [7, 11) is 0.493. The first kappa shape index (κ1) is 16.3. The van der Waals surface area contributed by atoms with Gasteiger partial charge in [0.1, 0.15) is 0 Å². The fourth-order valence-corrected chi connectivity index (χ4v) is 5.16. The second-order valence-electron chi connectivity index (χ2n) is 6.26. The molecule has 0 spiro atoms. The first-order chi connectivity index (χ1) is 9.66. The molecule has 21 heavy (non-hydrogen) atoms. The zero-order valence-corrected chi connectivity index (χ0v) is 14.2. The standard InChI is InChI=1S/C15H25N3O2S/c1-10-6-7-13(16)12(3)15(10)21(19,20)18-8-11(2)14(9-18)17(4)5/h6-7,11,14H,8-9,16H2,1-5H3. The van der Waals surface area contributed by atoms with Crippen LogP contribution in [0.3, 0.4) is 0 Å². The molecule has 1 aliphatic rings. The van der Waals surface area contributed by atoms with Gasteiger partial charge >= 0.3 is 0 Å². The molecule has 2 unspecified atom stereocenters. The van der Waals surface area contributed by atoms with Crippen LogP contribution < -0.4 is 5.73 Å². The number of sulfonamides is 1. The first-order valence-corrected chi connectivity index (χ1v) is 8.62. The number of nitrogens with two attached hydrogens (primary N) is 1. The van der Waals surface area contributed by atoms with Gasteiger partial charge in [0.2, 0.25) is 10.0 Å². The zero-order valence-electron chi connectivity index (χ0n) is 13.4. The molecule has 0 radical (unpaired) electrons. The van der Waals surface area contributed by atoms with E-state index in [-0.39, 0.29) is 6.04 Å². The lowest BCUT2D eigenvalue weighted by atomic mass is 10.1. The minimum Gasteiger partial charge on any atom is -0.398 e. The normalized spacial score (nSPS) is 23.9. The van der Waals surface area contributed by atoms with Crippen molar-refractivity contribution in [2.45, 2.75) is 31.7 Å². The molecule has 1 aliphatic heterocycles. The fraction of sp³-hybridized carbons (Fsp3) is 0.600. The van der Waals surface area contributed by atoms with Gasteiger partial charge in [0.05, 0.1) is 4.90 Å². The topological polar surface area (TPSA) is 66.6 Å². The van der Waals surface area contributed by atoms with Gasteiger partial charge in [-0.3, -0.25) is 0 Å². The van der Waals surface area contributed by atoms with Crippen molar-refractivity contribution >= 4 is 15.7 Å². The molecule has 1 aromatic carbocycles. The molecule has 1 fully saturated rings. The number of hydrogen-bond acceptors (Lipinski definition) is 4. The Hall–Kier alpha value is -1.11. The van der Waals surface area contributed by atoms with Crippen molar-refractivity contribution in [3.05, 3.63) is 23.3 Å². The number of nitrogen functional groups attached to an aromatic ring is 1. The van der Waals surface area contributed by atoms with Crippen LogP contribution in [0.25, 0.3) is 0 Å². The number of rotatable bonds is 3. The summed E-state index contributed by atoms with van der Waals surface area (Å²) in [6.07, 6.45) is 0. The Kier molecular flexibility index (Phi) is 4.33. The third-order valence-corrected chi connectivity index (χ3v) is 6.57. The molecule has 1 saturated heterocycles. The second kappa shape index (κ2) is 5.59. The maximum atomic E-state index is 13.0. The lowest BCUT2D eigenvalue weighted by Gasteiger charge is -2.23. The summed E-state index contributed by atoms with van der Waals surface area (Å²) in [5, 5.41) is 0. The molecule has 0 saturated carbocycles. The number of benzene rings is 1. The lowest BCUT2D eigenvalue weighted by molar-refractivity contribution is 0.263. The largest absolute Gasteiger partial charge is 0.398 e. The van der Waals surface area contributed by atoms with Crippen LogP contribution in [0.15, 0.2) is 17.0 Å². The average Bonchev–Trinajstić information content (AvgIpc) is 2.77. The molecule has 0 amide bonds. The van der Waals surface area contributed by atoms with Crippen LogP contribution in [0, 0.1) is 19.8 Å². The first-order valence-electron chi connectivity index (χ1n) is 7.18. The van der Waals surface area contributed by atoms with E-state index in [4.69, 9.17) is 5.73 Å². The van der Waals surface area contributed by atoms with Crippen LogP contribution in [0.5, 0.6) is 0 Å². The van der Waals surface area contributed by atoms with Crippen LogP contribution >= 0.6 is 0 Å². The number of nitrogens with zero attached hydrogens (tertiary/aromatic N) is 2. The van der Waals surface area contributed by atoms with E-state index in [0.717, 1.165) is 5.56 Å². The highest BCUT2D eigenvalue weighted by Gasteiger charge is 2.39. The van der Waals surface area contributed by atoms with Crippen molar-refractivity contribution in [1.29, 1.82) is 0 Å². The zero-order chi connectivity index (χ0) is 15.9. The van der Waals surface area contributed by atoms with Crippen molar-refractivity contribution < 1.29 is 8.42 Å². The molecule has 0 bridgehead atoms. The van der Waals surface area contributed by atoms with Crippen molar-refractivity contribution in [1.82, 2.24) is 9.21 Å². The van der Waals surface area contributed by atoms with Gasteiger partial charge in [-0.05, 0) is 51.1 Å². The Labute approximate surface area is 127 Å². The van der Waals surface area contributed by atoms with Gasteiger partial charge < -0.3 is 10.6 Å². The Morgan fingerprint density at radius 1 is 1.24 bits per heavy atom. The molecule has 0 aliphatic carbocycles. The van der Waals surface area contributed by atoms with E-state index in [1.807, 2.05) is 21.0 Å². The SMILES string of the molecule is Cc1ccc(N)c(C)c1S(=O)(=O)N1CC(C)C(N(C)C)C1. The Morgan fingerprint density at radius 2 is 1.86 bits per heavy atom. The average molecular weight is 311 g/mol. The molecule has 118 valence electrons. The van der Waals surface area contributed by atoms with Gasteiger partial charge in [0, 0.05) is 24.8 Å². The summed E-state index contributed by atoms with van der Waals surface area (Å²) in [6, 6.07) is 3.79. The number of hydrogen-bond donors (Lipinski definition) is 1. The molecule has 1 heterocycles. The third kappa shape index (κ3) is 2.80. The monoisotopic (exact) mass is 311 g/mol. The van der Waals surface area contributed by atoms with Crippen LogP contribution in [0.4, 0.5) is 5.69 Å². The molecule has 6 heteroatoms. The van der Waals surface area contributed by atoms with E-state index in [9.17, 15) is 8.42 Å². The van der Waals surface area contributed by atoms with Gasteiger partial charge in [0.15, 0.2) is 0 Å². The minimum atomic E-state index is -3.50. The summed E-state index contributed by atoms with van der Waals surface area (Å²) in [4.78, 5) is 2.47. The van der Waals surface area contributed by atoms with E-state index in [1.54, 1.807) is 23.4 Å².